The second kappa shape index (κ2) is 5.48. The number of aromatic nitrogens is 4. The Kier molecular flexibility index (Phi) is 3.67. The SMILES string of the molecule is CSc1c(C2CC2)ccc(C(=O)Nc2nnnn2C)c1C. The number of anilines is 1. The van der Waals surface area contributed by atoms with E-state index in [1.54, 1.807) is 18.8 Å². The fraction of sp³-hybridized carbons (Fsp3) is 0.429. The molecule has 1 N–H and O–H groups in total. The van der Waals surface area contributed by atoms with Gasteiger partial charge in [-0.15, -0.1) is 11.8 Å². The summed E-state index contributed by atoms with van der Waals surface area (Å²) < 4.78 is 1.43. The Morgan fingerprint density at radius 2 is 2.19 bits per heavy atom. The number of amides is 1. The average molecular weight is 303 g/mol. The van der Waals surface area contributed by atoms with Gasteiger partial charge >= 0.3 is 0 Å². The van der Waals surface area contributed by atoms with Crippen LogP contribution in [-0.2, 0) is 7.05 Å². The molecular formula is C14H17N5OS. The lowest BCUT2D eigenvalue weighted by Gasteiger charge is -2.14. The maximum absolute atomic E-state index is 12.4. The van der Waals surface area contributed by atoms with Crippen LogP contribution < -0.4 is 5.32 Å². The summed E-state index contributed by atoms with van der Waals surface area (Å²) >= 11 is 1.71. The molecule has 1 fully saturated rings. The molecule has 1 aromatic heterocycles. The van der Waals surface area contributed by atoms with E-state index in [9.17, 15) is 4.79 Å². The van der Waals surface area contributed by atoms with E-state index in [4.69, 9.17) is 0 Å². The van der Waals surface area contributed by atoms with Crippen LogP contribution in [0, 0.1) is 6.92 Å². The van der Waals surface area contributed by atoms with Gasteiger partial charge < -0.3 is 0 Å². The Bertz CT molecular complexity index is 693. The topological polar surface area (TPSA) is 72.7 Å². The van der Waals surface area contributed by atoms with Gasteiger partial charge in [0.1, 0.15) is 0 Å². The minimum Gasteiger partial charge on any atom is -0.289 e. The van der Waals surface area contributed by atoms with Gasteiger partial charge in [0.15, 0.2) is 0 Å². The molecule has 1 amide bonds. The summed E-state index contributed by atoms with van der Waals surface area (Å²) in [5.74, 6) is 0.839. The van der Waals surface area contributed by atoms with Crippen molar-refractivity contribution in [2.24, 2.45) is 7.05 Å². The Balaban J connectivity index is 1.91. The van der Waals surface area contributed by atoms with E-state index < -0.39 is 0 Å². The first-order valence-corrected chi connectivity index (χ1v) is 8.05. The Hall–Kier alpha value is -1.89. The predicted molar refractivity (Wildman–Crippen MR) is 81.7 cm³/mol. The lowest BCUT2D eigenvalue weighted by Crippen LogP contribution is -2.17. The van der Waals surface area contributed by atoms with E-state index in [0.29, 0.717) is 17.4 Å². The normalized spacial score (nSPS) is 14.2. The van der Waals surface area contributed by atoms with E-state index in [1.807, 2.05) is 13.0 Å². The van der Waals surface area contributed by atoms with Crippen molar-refractivity contribution in [3.63, 3.8) is 0 Å². The third-order valence-electron chi connectivity index (χ3n) is 3.75. The van der Waals surface area contributed by atoms with Gasteiger partial charge in [0.25, 0.3) is 5.91 Å². The molecule has 0 atom stereocenters. The Morgan fingerprint density at radius 1 is 1.43 bits per heavy atom. The third kappa shape index (κ3) is 2.65. The second-order valence-electron chi connectivity index (χ2n) is 5.22. The quantitative estimate of drug-likeness (QED) is 0.878. The van der Waals surface area contributed by atoms with Crippen molar-refractivity contribution >= 4 is 23.6 Å². The summed E-state index contributed by atoms with van der Waals surface area (Å²) in [6.07, 6.45) is 4.56. The molecule has 0 radical (unpaired) electrons. The molecule has 0 spiro atoms. The molecule has 0 unspecified atom stereocenters. The molecule has 110 valence electrons. The average Bonchev–Trinajstić information content (AvgIpc) is 3.23. The predicted octanol–water partition coefficient (Wildman–Crippen LogP) is 2.37. The van der Waals surface area contributed by atoms with Crippen LogP contribution in [0.1, 0.15) is 40.2 Å². The largest absolute Gasteiger partial charge is 0.289 e. The lowest BCUT2D eigenvalue weighted by atomic mass is 10.0. The molecule has 1 aliphatic carbocycles. The Morgan fingerprint density at radius 3 is 2.76 bits per heavy atom. The van der Waals surface area contributed by atoms with Crippen molar-refractivity contribution in [1.82, 2.24) is 20.2 Å². The highest BCUT2D eigenvalue weighted by Gasteiger charge is 2.28. The van der Waals surface area contributed by atoms with E-state index in [2.05, 4.69) is 33.2 Å². The van der Waals surface area contributed by atoms with Crippen molar-refractivity contribution in [3.05, 3.63) is 28.8 Å². The number of aryl methyl sites for hydroxylation is 1. The van der Waals surface area contributed by atoms with Crippen LogP contribution in [0.5, 0.6) is 0 Å². The number of thioether (sulfide) groups is 1. The van der Waals surface area contributed by atoms with Gasteiger partial charge in [-0.1, -0.05) is 11.2 Å². The fourth-order valence-corrected chi connectivity index (χ4v) is 3.34. The minimum atomic E-state index is -0.178. The van der Waals surface area contributed by atoms with Crippen LogP contribution in [0.25, 0.3) is 0 Å². The van der Waals surface area contributed by atoms with Gasteiger partial charge in [-0.2, -0.15) is 0 Å². The first kappa shape index (κ1) is 14.1. The van der Waals surface area contributed by atoms with E-state index in [1.165, 1.54) is 28.0 Å². The van der Waals surface area contributed by atoms with Crippen LogP contribution in [0.4, 0.5) is 5.95 Å². The molecular weight excluding hydrogens is 286 g/mol. The zero-order valence-electron chi connectivity index (χ0n) is 12.3. The number of tetrazole rings is 1. The van der Waals surface area contributed by atoms with Crippen molar-refractivity contribution in [2.45, 2.75) is 30.6 Å². The standard InChI is InChI=1S/C14H17N5OS/c1-8-10(13(20)15-14-16-17-18-19(14)2)6-7-11(9-4-5-9)12(8)21-3/h6-7,9H,4-5H2,1-3H3,(H,15,16,18,20). The molecule has 1 heterocycles. The van der Waals surface area contributed by atoms with Gasteiger partial charge in [0.2, 0.25) is 5.95 Å². The Labute approximate surface area is 127 Å². The van der Waals surface area contributed by atoms with Crippen molar-refractivity contribution in [2.75, 3.05) is 11.6 Å². The highest BCUT2D eigenvalue weighted by Crippen LogP contribution is 2.45. The van der Waals surface area contributed by atoms with Crippen LogP contribution >= 0.6 is 11.8 Å². The number of carbonyl (C=O) groups excluding carboxylic acids is 1. The van der Waals surface area contributed by atoms with Crippen LogP contribution in [0.3, 0.4) is 0 Å². The highest BCUT2D eigenvalue weighted by molar-refractivity contribution is 7.98. The van der Waals surface area contributed by atoms with Gasteiger partial charge in [-0.25, -0.2) is 4.68 Å². The summed E-state index contributed by atoms with van der Waals surface area (Å²) in [7, 11) is 1.69. The van der Waals surface area contributed by atoms with Crippen LogP contribution in [0.15, 0.2) is 17.0 Å². The van der Waals surface area contributed by atoms with Gasteiger partial charge in [-0.3, -0.25) is 10.1 Å². The fourth-order valence-electron chi connectivity index (χ4n) is 2.45. The maximum atomic E-state index is 12.4. The van der Waals surface area contributed by atoms with E-state index in [0.717, 1.165) is 5.56 Å². The number of nitrogens with zero attached hydrogens (tertiary/aromatic N) is 4. The van der Waals surface area contributed by atoms with Crippen molar-refractivity contribution in [1.29, 1.82) is 0 Å². The van der Waals surface area contributed by atoms with E-state index >= 15 is 0 Å². The number of hydrogen-bond donors (Lipinski definition) is 1. The number of benzene rings is 1. The van der Waals surface area contributed by atoms with Crippen molar-refractivity contribution in [3.8, 4) is 0 Å². The van der Waals surface area contributed by atoms with Crippen LogP contribution in [-0.4, -0.2) is 32.4 Å². The monoisotopic (exact) mass is 303 g/mol. The van der Waals surface area contributed by atoms with Gasteiger partial charge in [0.05, 0.1) is 0 Å². The minimum absolute atomic E-state index is 0.178. The first-order valence-electron chi connectivity index (χ1n) is 6.83. The molecule has 1 aromatic carbocycles. The summed E-state index contributed by atoms with van der Waals surface area (Å²) in [6.45, 7) is 2.00. The summed E-state index contributed by atoms with van der Waals surface area (Å²) in [5, 5.41) is 13.7. The molecule has 1 saturated carbocycles. The third-order valence-corrected chi connectivity index (χ3v) is 4.70. The van der Waals surface area contributed by atoms with E-state index in [-0.39, 0.29) is 5.91 Å². The molecule has 3 rings (SSSR count). The summed E-state index contributed by atoms with van der Waals surface area (Å²) in [4.78, 5) is 13.6. The highest BCUT2D eigenvalue weighted by atomic mass is 32.2. The first-order chi connectivity index (χ1) is 10.1. The number of rotatable bonds is 4. The molecule has 1 aliphatic rings. The molecule has 6 nitrogen and oxygen atoms in total. The zero-order valence-corrected chi connectivity index (χ0v) is 13.1. The molecule has 0 aliphatic heterocycles. The maximum Gasteiger partial charge on any atom is 0.258 e. The molecule has 2 aromatic rings. The molecule has 21 heavy (non-hydrogen) atoms. The number of hydrogen-bond acceptors (Lipinski definition) is 5. The number of carbonyl (C=O) groups is 1. The number of nitrogens with one attached hydrogen (secondary N) is 1. The smallest absolute Gasteiger partial charge is 0.258 e. The van der Waals surface area contributed by atoms with Gasteiger partial charge in [0, 0.05) is 17.5 Å². The molecule has 7 heteroatoms. The van der Waals surface area contributed by atoms with Crippen molar-refractivity contribution < 1.29 is 4.79 Å². The van der Waals surface area contributed by atoms with Gasteiger partial charge in [-0.05, 0) is 59.6 Å². The molecule has 0 bridgehead atoms. The molecule has 0 saturated heterocycles. The summed E-state index contributed by atoms with van der Waals surface area (Å²) in [5.41, 5.74) is 3.07. The zero-order chi connectivity index (χ0) is 15.0. The second-order valence-corrected chi connectivity index (χ2v) is 6.03. The lowest BCUT2D eigenvalue weighted by molar-refractivity contribution is 0.102. The summed E-state index contributed by atoms with van der Waals surface area (Å²) in [6, 6.07) is 3.99. The van der Waals surface area contributed by atoms with Crippen LogP contribution in [0.2, 0.25) is 0 Å².